The molecule has 7 heteroatoms. The summed E-state index contributed by atoms with van der Waals surface area (Å²) < 4.78 is 11.1. The predicted octanol–water partition coefficient (Wildman–Crippen LogP) is 5.22. The van der Waals surface area contributed by atoms with Crippen LogP contribution in [0.2, 0.25) is 0 Å². The molecule has 0 atom stereocenters. The van der Waals surface area contributed by atoms with Crippen LogP contribution in [0.15, 0.2) is 85.2 Å². The lowest BCUT2D eigenvalue weighted by atomic mass is 10.1. The van der Waals surface area contributed by atoms with Gasteiger partial charge in [-0.15, -0.1) is 0 Å². The van der Waals surface area contributed by atoms with Crippen LogP contribution < -0.4 is 4.74 Å². The molecule has 0 bridgehead atoms. The van der Waals surface area contributed by atoms with E-state index in [0.29, 0.717) is 16.8 Å². The number of pyridine rings is 1. The van der Waals surface area contributed by atoms with Gasteiger partial charge in [0.05, 0.1) is 12.3 Å². The van der Waals surface area contributed by atoms with E-state index in [0.717, 1.165) is 34.0 Å². The number of aromatic amines is 1. The van der Waals surface area contributed by atoms with E-state index in [2.05, 4.69) is 22.1 Å². The van der Waals surface area contributed by atoms with Gasteiger partial charge in [0.15, 0.2) is 5.75 Å². The highest BCUT2D eigenvalue weighted by atomic mass is 16.5. The number of aliphatic hydroxyl groups excluding tert-OH is 1. The Bertz CT molecular complexity index is 1610. The lowest BCUT2D eigenvalue weighted by Gasteiger charge is -2.14. The lowest BCUT2D eigenvalue weighted by molar-refractivity contribution is -0.139. The number of carbonyl (C=O) groups excluding carboxylic acids is 2. The van der Waals surface area contributed by atoms with Crippen molar-refractivity contribution < 1.29 is 24.2 Å². The average molecular weight is 507 g/mol. The van der Waals surface area contributed by atoms with Gasteiger partial charge in [-0.25, -0.2) is 9.59 Å². The van der Waals surface area contributed by atoms with Gasteiger partial charge < -0.3 is 19.6 Å². The van der Waals surface area contributed by atoms with Crippen molar-refractivity contribution in [1.29, 1.82) is 0 Å². The first-order chi connectivity index (χ1) is 18.5. The van der Waals surface area contributed by atoms with Crippen molar-refractivity contribution in [1.82, 2.24) is 9.97 Å². The van der Waals surface area contributed by atoms with Gasteiger partial charge in [-0.05, 0) is 48.3 Å². The maximum Gasteiger partial charge on any atom is 0.336 e. The number of nitrogens with zero attached hydrogens (tertiary/aromatic N) is 1. The SMILES string of the molecule is Cc1ncc(CO)c(COC(=O)/C=C/C2=CCc3ccccc32)c1OC(=O)/C=C/c1c[nH]c2ccccc12. The number of fused-ring (bicyclic) bond motifs is 2. The number of allylic oxidation sites excluding steroid dienone is 3. The molecular weight excluding hydrogens is 480 g/mol. The summed E-state index contributed by atoms with van der Waals surface area (Å²) in [6.07, 6.45) is 12.3. The molecule has 0 saturated carbocycles. The molecule has 0 saturated heterocycles. The van der Waals surface area contributed by atoms with Crippen molar-refractivity contribution in [2.75, 3.05) is 0 Å². The van der Waals surface area contributed by atoms with Crippen LogP contribution in [0, 0.1) is 6.92 Å². The van der Waals surface area contributed by atoms with E-state index in [4.69, 9.17) is 9.47 Å². The normalized spacial score (nSPS) is 12.7. The number of hydrogen-bond acceptors (Lipinski definition) is 6. The van der Waals surface area contributed by atoms with Crippen molar-refractivity contribution >= 4 is 34.5 Å². The number of H-pyrrole nitrogens is 1. The first kappa shape index (κ1) is 24.9. The Kier molecular flexibility index (Phi) is 7.28. The van der Waals surface area contributed by atoms with Gasteiger partial charge in [0.1, 0.15) is 6.61 Å². The minimum absolute atomic E-state index is 0.161. The Morgan fingerprint density at radius 2 is 1.84 bits per heavy atom. The third kappa shape index (κ3) is 5.33. The van der Waals surface area contributed by atoms with Gasteiger partial charge in [-0.3, -0.25) is 4.98 Å². The van der Waals surface area contributed by atoms with Crippen LogP contribution >= 0.6 is 0 Å². The highest BCUT2D eigenvalue weighted by Gasteiger charge is 2.18. The zero-order valence-electron chi connectivity index (χ0n) is 20.8. The molecule has 190 valence electrons. The van der Waals surface area contributed by atoms with Gasteiger partial charge in [0.2, 0.25) is 0 Å². The Balaban J connectivity index is 1.28. The molecule has 5 rings (SSSR count). The second kappa shape index (κ2) is 11.1. The summed E-state index contributed by atoms with van der Waals surface area (Å²) in [6, 6.07) is 15.8. The minimum Gasteiger partial charge on any atom is -0.457 e. The molecule has 38 heavy (non-hydrogen) atoms. The zero-order valence-corrected chi connectivity index (χ0v) is 20.8. The maximum atomic E-state index is 12.7. The third-order valence-electron chi connectivity index (χ3n) is 6.43. The zero-order chi connectivity index (χ0) is 26.5. The van der Waals surface area contributed by atoms with Gasteiger partial charge in [0, 0.05) is 52.1 Å². The molecule has 0 aliphatic heterocycles. The van der Waals surface area contributed by atoms with Gasteiger partial charge in [0.25, 0.3) is 0 Å². The molecule has 2 aromatic carbocycles. The molecule has 0 radical (unpaired) electrons. The third-order valence-corrected chi connectivity index (χ3v) is 6.43. The molecule has 0 amide bonds. The molecule has 0 unspecified atom stereocenters. The Labute approximate surface area is 219 Å². The highest BCUT2D eigenvalue weighted by Crippen LogP contribution is 2.29. The van der Waals surface area contributed by atoms with Crippen LogP contribution in [-0.4, -0.2) is 27.0 Å². The van der Waals surface area contributed by atoms with Crippen LogP contribution in [0.3, 0.4) is 0 Å². The van der Waals surface area contributed by atoms with Crippen molar-refractivity contribution in [2.24, 2.45) is 0 Å². The van der Waals surface area contributed by atoms with Gasteiger partial charge in [-0.2, -0.15) is 0 Å². The number of benzene rings is 2. The van der Waals surface area contributed by atoms with E-state index in [1.54, 1.807) is 19.1 Å². The highest BCUT2D eigenvalue weighted by molar-refractivity contribution is 5.95. The van der Waals surface area contributed by atoms with E-state index < -0.39 is 11.9 Å². The average Bonchev–Trinajstić information content (AvgIpc) is 3.55. The molecule has 1 aliphatic rings. The molecule has 2 N–H and O–H groups in total. The fraction of sp³-hybridized carbons (Fsp3) is 0.129. The summed E-state index contributed by atoms with van der Waals surface area (Å²) in [6.45, 7) is 1.14. The second-order valence-corrected chi connectivity index (χ2v) is 8.84. The van der Waals surface area contributed by atoms with Crippen molar-refractivity contribution in [3.05, 3.63) is 119 Å². The monoisotopic (exact) mass is 506 g/mol. The quantitative estimate of drug-likeness (QED) is 0.251. The van der Waals surface area contributed by atoms with E-state index in [-0.39, 0.29) is 19.0 Å². The molecule has 4 aromatic rings. The smallest absolute Gasteiger partial charge is 0.336 e. The number of aryl methyl sites for hydroxylation is 1. The number of ether oxygens (including phenoxy) is 2. The van der Waals surface area contributed by atoms with Crippen LogP contribution in [0.25, 0.3) is 22.6 Å². The fourth-order valence-electron chi connectivity index (χ4n) is 4.45. The summed E-state index contributed by atoms with van der Waals surface area (Å²) in [7, 11) is 0. The maximum absolute atomic E-state index is 12.7. The van der Waals surface area contributed by atoms with Crippen molar-refractivity contribution in [2.45, 2.75) is 26.6 Å². The van der Waals surface area contributed by atoms with E-state index in [1.807, 2.05) is 48.7 Å². The first-order valence-electron chi connectivity index (χ1n) is 12.2. The number of esters is 2. The number of aliphatic hydroxyl groups is 1. The van der Waals surface area contributed by atoms with Gasteiger partial charge >= 0.3 is 11.9 Å². The lowest BCUT2D eigenvalue weighted by Crippen LogP contribution is -2.12. The summed E-state index contributed by atoms with van der Waals surface area (Å²) in [5, 5.41) is 10.8. The fourth-order valence-corrected chi connectivity index (χ4v) is 4.45. The van der Waals surface area contributed by atoms with E-state index >= 15 is 0 Å². The number of hydrogen-bond donors (Lipinski definition) is 2. The summed E-state index contributed by atoms with van der Waals surface area (Å²) in [4.78, 5) is 32.6. The number of carbonyl (C=O) groups is 2. The van der Waals surface area contributed by atoms with Crippen LogP contribution in [0.1, 0.15) is 33.5 Å². The predicted molar refractivity (Wildman–Crippen MR) is 145 cm³/mol. The number of nitrogens with one attached hydrogen (secondary N) is 1. The standard InChI is InChI=1S/C31H26N2O5/c1-20-31(38-30(36)15-13-23-16-33-28-9-5-4-8-26(23)28)27(24(18-34)17-32-20)19-37-29(35)14-12-22-11-10-21-6-2-3-7-25(21)22/h2-9,11-17,33-34H,10,18-19H2,1H3/b14-12+,15-13+. The number of rotatable bonds is 8. The first-order valence-corrected chi connectivity index (χ1v) is 12.2. The Morgan fingerprint density at radius 3 is 2.71 bits per heavy atom. The van der Waals surface area contributed by atoms with Crippen LogP contribution in [0.5, 0.6) is 5.75 Å². The largest absolute Gasteiger partial charge is 0.457 e. The Hall–Kier alpha value is -4.75. The summed E-state index contributed by atoms with van der Waals surface area (Å²) in [5.41, 5.74) is 6.31. The minimum atomic E-state index is -0.616. The summed E-state index contributed by atoms with van der Waals surface area (Å²) in [5.74, 6) is -1.01. The van der Waals surface area contributed by atoms with Crippen molar-refractivity contribution in [3.8, 4) is 5.75 Å². The molecule has 7 nitrogen and oxygen atoms in total. The number of aromatic nitrogens is 2. The molecule has 0 fully saturated rings. The molecular formula is C31H26N2O5. The van der Waals surface area contributed by atoms with E-state index in [9.17, 15) is 14.7 Å². The topological polar surface area (TPSA) is 102 Å². The molecule has 2 heterocycles. The van der Waals surface area contributed by atoms with Crippen LogP contribution in [0.4, 0.5) is 0 Å². The second-order valence-electron chi connectivity index (χ2n) is 8.84. The molecule has 2 aromatic heterocycles. The molecule has 0 spiro atoms. The van der Waals surface area contributed by atoms with Crippen LogP contribution in [-0.2, 0) is 34.0 Å². The van der Waals surface area contributed by atoms with Crippen molar-refractivity contribution in [3.63, 3.8) is 0 Å². The van der Waals surface area contributed by atoms with Gasteiger partial charge in [-0.1, -0.05) is 48.5 Å². The summed E-state index contributed by atoms with van der Waals surface area (Å²) >= 11 is 0. The Morgan fingerprint density at radius 1 is 1.05 bits per heavy atom. The molecule has 1 aliphatic carbocycles. The van der Waals surface area contributed by atoms with E-state index in [1.165, 1.54) is 23.9 Å². The number of para-hydroxylation sites is 1.